The van der Waals surface area contributed by atoms with Gasteiger partial charge < -0.3 is 15.3 Å². The third-order valence-corrected chi connectivity index (χ3v) is 6.42. The minimum Gasteiger partial charge on any atom is -0.381 e. The van der Waals surface area contributed by atoms with Gasteiger partial charge in [0.25, 0.3) is 5.91 Å². The third kappa shape index (κ3) is 6.19. The number of benzene rings is 1. The van der Waals surface area contributed by atoms with E-state index < -0.39 is 5.60 Å². The lowest BCUT2D eigenvalue weighted by Crippen LogP contribution is -2.48. The van der Waals surface area contributed by atoms with E-state index in [1.807, 2.05) is 36.0 Å². The molecule has 2 aromatic heterocycles. The van der Waals surface area contributed by atoms with Crippen LogP contribution in [0.3, 0.4) is 0 Å². The first-order valence-electron chi connectivity index (χ1n) is 12.3. The number of hydrogen-bond acceptors (Lipinski definition) is 8. The number of nitrogens with zero attached hydrogens (tertiary/aromatic N) is 6. The van der Waals surface area contributed by atoms with Crippen molar-refractivity contribution in [3.8, 4) is 17.3 Å². The predicted octanol–water partition coefficient (Wildman–Crippen LogP) is 3.81. The van der Waals surface area contributed by atoms with Crippen LogP contribution < -0.4 is 5.32 Å². The van der Waals surface area contributed by atoms with E-state index in [0.717, 1.165) is 35.3 Å². The van der Waals surface area contributed by atoms with Gasteiger partial charge >= 0.3 is 0 Å². The quantitative estimate of drug-likeness (QED) is 0.445. The Balaban J connectivity index is 1.41. The average molecular weight is 502 g/mol. The lowest BCUT2D eigenvalue weighted by molar-refractivity contribution is -0.149. The maximum Gasteiger partial charge on any atom is 0.253 e. The first-order valence-corrected chi connectivity index (χ1v) is 12.3. The molecule has 0 spiro atoms. The molecule has 0 saturated carbocycles. The number of rotatable bonds is 8. The molecule has 4 rings (SSSR count). The maximum absolute atomic E-state index is 12.3. The van der Waals surface area contributed by atoms with E-state index in [0.29, 0.717) is 24.6 Å². The molecule has 10 heteroatoms. The van der Waals surface area contributed by atoms with Gasteiger partial charge in [-0.25, -0.2) is 9.97 Å². The number of aliphatic hydroxyl groups is 1. The molecule has 3 aromatic rings. The molecule has 0 atom stereocenters. The zero-order chi connectivity index (χ0) is 26.6. The molecule has 1 amide bonds. The van der Waals surface area contributed by atoms with Crippen molar-refractivity contribution >= 4 is 23.3 Å². The summed E-state index contributed by atoms with van der Waals surface area (Å²) >= 11 is 0. The van der Waals surface area contributed by atoms with Gasteiger partial charge in [0.1, 0.15) is 5.60 Å². The second-order valence-corrected chi connectivity index (χ2v) is 9.80. The monoisotopic (exact) mass is 501 g/mol. The van der Waals surface area contributed by atoms with Gasteiger partial charge in [-0.1, -0.05) is 24.3 Å². The van der Waals surface area contributed by atoms with Gasteiger partial charge in [-0.15, -0.1) is 0 Å². The number of likely N-dealkylation sites (tertiary alicyclic amines) is 1. The van der Waals surface area contributed by atoms with Crippen molar-refractivity contribution < 1.29 is 14.7 Å². The van der Waals surface area contributed by atoms with Gasteiger partial charge in [0.15, 0.2) is 5.78 Å². The molecule has 10 nitrogen and oxygen atoms in total. The fourth-order valence-corrected chi connectivity index (χ4v) is 4.37. The van der Waals surface area contributed by atoms with Crippen LogP contribution in [0.5, 0.6) is 0 Å². The number of amides is 1. The van der Waals surface area contributed by atoms with Gasteiger partial charge in [0.2, 0.25) is 5.95 Å². The molecule has 2 N–H and O–H groups in total. The molecule has 37 heavy (non-hydrogen) atoms. The third-order valence-electron chi connectivity index (χ3n) is 6.42. The molecule has 0 bridgehead atoms. The normalized spacial score (nSPS) is 14.3. The average Bonchev–Trinajstić information content (AvgIpc) is 3.36. The summed E-state index contributed by atoms with van der Waals surface area (Å²) in [6.45, 7) is 6.10. The van der Waals surface area contributed by atoms with Crippen molar-refractivity contribution in [2.24, 2.45) is 0 Å². The number of piperidine rings is 1. The zero-order valence-electron chi connectivity index (χ0n) is 21.3. The first-order chi connectivity index (χ1) is 17.7. The highest BCUT2D eigenvalue weighted by Gasteiger charge is 2.32. The number of anilines is 2. The summed E-state index contributed by atoms with van der Waals surface area (Å²) in [5.41, 5.74) is 2.49. The molecule has 1 saturated heterocycles. The van der Waals surface area contributed by atoms with Crippen LogP contribution in [0.25, 0.3) is 11.3 Å². The topological polar surface area (TPSA) is 137 Å². The van der Waals surface area contributed by atoms with E-state index in [4.69, 9.17) is 5.26 Å². The molecule has 1 aliphatic heterocycles. The Morgan fingerprint density at radius 1 is 1.19 bits per heavy atom. The molecule has 192 valence electrons. The van der Waals surface area contributed by atoms with Crippen molar-refractivity contribution in [2.75, 3.05) is 18.4 Å². The van der Waals surface area contributed by atoms with Crippen molar-refractivity contribution in [1.82, 2.24) is 24.6 Å². The molecular weight excluding hydrogens is 470 g/mol. The number of ketones is 1. The molecule has 3 heterocycles. The Morgan fingerprint density at radius 2 is 1.89 bits per heavy atom. The predicted molar refractivity (Wildman–Crippen MR) is 138 cm³/mol. The largest absolute Gasteiger partial charge is 0.381 e. The van der Waals surface area contributed by atoms with Crippen LogP contribution in [-0.2, 0) is 4.79 Å². The van der Waals surface area contributed by atoms with E-state index in [1.165, 1.54) is 13.8 Å². The van der Waals surface area contributed by atoms with Crippen molar-refractivity contribution in [3.05, 3.63) is 54.0 Å². The highest BCUT2D eigenvalue weighted by atomic mass is 16.3. The number of aromatic nitrogens is 4. The van der Waals surface area contributed by atoms with Crippen LogP contribution in [0.15, 0.2) is 42.9 Å². The second-order valence-electron chi connectivity index (χ2n) is 9.80. The first kappa shape index (κ1) is 26.0. The summed E-state index contributed by atoms with van der Waals surface area (Å²) in [5, 5.41) is 26.4. The maximum atomic E-state index is 12.3. The lowest BCUT2D eigenvalue weighted by Gasteiger charge is -2.35. The number of Topliss-reactive ketones (excluding diaryl/α,β-unsaturated/α-hetero) is 1. The number of hydrogen-bond donors (Lipinski definition) is 2. The minimum atomic E-state index is -1.36. The minimum absolute atomic E-state index is 0.0543. The summed E-state index contributed by atoms with van der Waals surface area (Å²) in [7, 11) is 0. The highest BCUT2D eigenvalue weighted by Crippen LogP contribution is 2.27. The van der Waals surface area contributed by atoms with Crippen LogP contribution in [0.2, 0.25) is 0 Å². The summed E-state index contributed by atoms with van der Waals surface area (Å²) in [6.07, 6.45) is 7.30. The molecule has 0 radical (unpaired) electrons. The van der Waals surface area contributed by atoms with Crippen LogP contribution in [-0.4, -0.2) is 60.1 Å². The van der Waals surface area contributed by atoms with E-state index in [9.17, 15) is 14.7 Å². The number of carbonyl (C=O) groups is 2. The SMILES string of the molecule is Cc1cnc(Nc2cnn(C3CCN(C(=O)C(C)(C)O)CC3)c2)nc1-c1ccc(C(=O)CCC#N)cc1. The van der Waals surface area contributed by atoms with Gasteiger partial charge in [-0.05, 0) is 39.2 Å². The lowest BCUT2D eigenvalue weighted by atomic mass is 10.0. The van der Waals surface area contributed by atoms with Crippen molar-refractivity contribution in [1.29, 1.82) is 5.26 Å². The number of nitrogens with one attached hydrogen (secondary N) is 1. The van der Waals surface area contributed by atoms with Gasteiger partial charge in [-0.2, -0.15) is 10.4 Å². The Morgan fingerprint density at radius 3 is 2.54 bits per heavy atom. The molecule has 1 aromatic carbocycles. The molecule has 1 aliphatic rings. The van der Waals surface area contributed by atoms with E-state index in [1.54, 1.807) is 29.4 Å². The fourth-order valence-electron chi connectivity index (χ4n) is 4.37. The Labute approximate surface area is 216 Å². The number of aryl methyl sites for hydroxylation is 1. The summed E-state index contributed by atoms with van der Waals surface area (Å²) in [6, 6.07) is 9.38. The Hall–Kier alpha value is -4.10. The molecule has 0 unspecified atom stereocenters. The Bertz CT molecular complexity index is 1310. The molecular formula is C27H31N7O3. The zero-order valence-corrected chi connectivity index (χ0v) is 21.3. The molecule has 0 aliphatic carbocycles. The van der Waals surface area contributed by atoms with Crippen LogP contribution in [0, 0.1) is 18.3 Å². The smallest absolute Gasteiger partial charge is 0.253 e. The van der Waals surface area contributed by atoms with E-state index >= 15 is 0 Å². The van der Waals surface area contributed by atoms with E-state index in [2.05, 4.69) is 20.4 Å². The standard InChI is InChI=1S/C27H31N7O3/c1-18-15-29-26(32-24(18)20-8-6-19(7-9-20)23(35)5-4-12-28)31-21-16-30-34(17-21)22-10-13-33(14-11-22)25(36)27(2,3)37/h6-9,15-17,22,37H,4-5,10-11,13-14H2,1-3H3,(H,29,31,32). The highest BCUT2D eigenvalue weighted by molar-refractivity contribution is 5.96. The van der Waals surface area contributed by atoms with Crippen molar-refractivity contribution in [3.63, 3.8) is 0 Å². The summed E-state index contributed by atoms with van der Waals surface area (Å²) in [5.74, 6) is 0.127. The Kier molecular flexibility index (Phi) is 7.64. The molecule has 1 fully saturated rings. The number of carbonyl (C=O) groups excluding carboxylic acids is 2. The van der Waals surface area contributed by atoms with Crippen LogP contribution in [0.4, 0.5) is 11.6 Å². The van der Waals surface area contributed by atoms with Crippen LogP contribution in [0.1, 0.15) is 61.5 Å². The summed E-state index contributed by atoms with van der Waals surface area (Å²) in [4.78, 5) is 35.3. The fraction of sp³-hybridized carbons (Fsp3) is 0.407. The van der Waals surface area contributed by atoms with Gasteiger partial charge in [0, 0.05) is 49.5 Å². The summed E-state index contributed by atoms with van der Waals surface area (Å²) < 4.78 is 1.89. The van der Waals surface area contributed by atoms with Crippen molar-refractivity contribution in [2.45, 2.75) is 58.1 Å². The van der Waals surface area contributed by atoms with Gasteiger partial charge in [0.05, 0.1) is 29.7 Å². The van der Waals surface area contributed by atoms with Gasteiger partial charge in [-0.3, -0.25) is 14.3 Å². The number of nitriles is 1. The van der Waals surface area contributed by atoms with Crippen LogP contribution >= 0.6 is 0 Å². The van der Waals surface area contributed by atoms with E-state index in [-0.39, 0.29) is 30.6 Å². The second kappa shape index (κ2) is 10.9.